The summed E-state index contributed by atoms with van der Waals surface area (Å²) in [5.41, 5.74) is 1.30. The molecule has 0 saturated carbocycles. The van der Waals surface area contributed by atoms with Crippen molar-refractivity contribution in [3.05, 3.63) is 24.5 Å². The van der Waals surface area contributed by atoms with Gasteiger partial charge in [0.05, 0.1) is 0 Å². The Labute approximate surface area is 74.0 Å². The summed E-state index contributed by atoms with van der Waals surface area (Å²) in [6.45, 7) is 6.55. The van der Waals surface area contributed by atoms with Crippen LogP contribution < -0.4 is 5.32 Å². The molecule has 0 atom stereocenters. The number of aromatic nitrogens is 1. The highest BCUT2D eigenvalue weighted by atomic mass is 15.0. The van der Waals surface area contributed by atoms with Crippen molar-refractivity contribution in [1.82, 2.24) is 4.98 Å². The van der Waals surface area contributed by atoms with Gasteiger partial charge in [-0.05, 0) is 32.4 Å². The van der Waals surface area contributed by atoms with E-state index in [1.54, 1.807) is 12.4 Å². The quantitative estimate of drug-likeness (QED) is 0.743. The maximum Gasteiger partial charge on any atom is 0.0375 e. The van der Waals surface area contributed by atoms with Crippen LogP contribution in [0.15, 0.2) is 24.5 Å². The standard InChI is InChI=1S/C10H16N2/c1-4-10(2,3)12-9-5-7-11-8-6-9/h5-8H,4H2,1-3H3,(H,11,12). The second-order valence-corrected chi connectivity index (χ2v) is 3.60. The minimum Gasteiger partial charge on any atom is -0.380 e. The fourth-order valence-corrected chi connectivity index (χ4v) is 0.914. The lowest BCUT2D eigenvalue weighted by atomic mass is 10.0. The lowest BCUT2D eigenvalue weighted by Gasteiger charge is -2.25. The Morgan fingerprint density at radius 2 is 1.92 bits per heavy atom. The molecule has 0 spiro atoms. The topological polar surface area (TPSA) is 24.9 Å². The molecule has 1 aromatic heterocycles. The lowest BCUT2D eigenvalue weighted by molar-refractivity contribution is 0.547. The van der Waals surface area contributed by atoms with Crippen molar-refractivity contribution >= 4 is 5.69 Å². The first-order valence-electron chi connectivity index (χ1n) is 4.32. The Kier molecular flexibility index (Phi) is 2.69. The van der Waals surface area contributed by atoms with E-state index in [9.17, 15) is 0 Å². The third kappa shape index (κ3) is 2.53. The molecule has 1 N–H and O–H groups in total. The minimum absolute atomic E-state index is 0.168. The molecule has 12 heavy (non-hydrogen) atoms. The molecule has 0 radical (unpaired) electrons. The molecular weight excluding hydrogens is 148 g/mol. The second kappa shape index (κ2) is 3.57. The van der Waals surface area contributed by atoms with Crippen LogP contribution >= 0.6 is 0 Å². The Hall–Kier alpha value is -1.05. The largest absolute Gasteiger partial charge is 0.380 e. The molecule has 0 aliphatic rings. The van der Waals surface area contributed by atoms with Crippen LogP contribution in [0.3, 0.4) is 0 Å². The summed E-state index contributed by atoms with van der Waals surface area (Å²) >= 11 is 0. The van der Waals surface area contributed by atoms with Crippen LogP contribution in [0.1, 0.15) is 27.2 Å². The summed E-state index contributed by atoms with van der Waals surface area (Å²) in [7, 11) is 0. The summed E-state index contributed by atoms with van der Waals surface area (Å²) in [6.07, 6.45) is 4.71. The van der Waals surface area contributed by atoms with Crippen molar-refractivity contribution in [2.45, 2.75) is 32.7 Å². The normalized spacial score (nSPS) is 11.2. The van der Waals surface area contributed by atoms with E-state index in [-0.39, 0.29) is 5.54 Å². The molecule has 1 aromatic rings. The summed E-state index contributed by atoms with van der Waals surface area (Å²) in [5.74, 6) is 0. The zero-order valence-electron chi connectivity index (χ0n) is 7.96. The van der Waals surface area contributed by atoms with E-state index in [0.29, 0.717) is 0 Å². The molecule has 0 bridgehead atoms. The highest BCUT2D eigenvalue weighted by Gasteiger charge is 2.13. The van der Waals surface area contributed by atoms with Crippen LogP contribution in [-0.2, 0) is 0 Å². The zero-order valence-corrected chi connectivity index (χ0v) is 7.96. The van der Waals surface area contributed by atoms with Crippen molar-refractivity contribution in [3.63, 3.8) is 0 Å². The van der Waals surface area contributed by atoms with Crippen molar-refractivity contribution in [3.8, 4) is 0 Å². The predicted octanol–water partition coefficient (Wildman–Crippen LogP) is 2.68. The molecule has 0 unspecified atom stereocenters. The maximum absolute atomic E-state index is 3.96. The van der Waals surface area contributed by atoms with Crippen LogP contribution in [-0.4, -0.2) is 10.5 Å². The zero-order chi connectivity index (χ0) is 9.03. The minimum atomic E-state index is 0.168. The number of hydrogen-bond donors (Lipinski definition) is 1. The molecule has 1 heterocycles. The van der Waals surface area contributed by atoms with Gasteiger partial charge >= 0.3 is 0 Å². The highest BCUT2D eigenvalue weighted by molar-refractivity contribution is 5.43. The van der Waals surface area contributed by atoms with Gasteiger partial charge < -0.3 is 5.32 Å². The molecule has 0 aromatic carbocycles. The van der Waals surface area contributed by atoms with Crippen molar-refractivity contribution in [2.75, 3.05) is 5.32 Å². The highest BCUT2D eigenvalue weighted by Crippen LogP contribution is 2.16. The molecule has 0 amide bonds. The lowest BCUT2D eigenvalue weighted by Crippen LogP contribution is -2.29. The third-order valence-corrected chi connectivity index (χ3v) is 2.05. The first-order valence-corrected chi connectivity index (χ1v) is 4.32. The van der Waals surface area contributed by atoms with Gasteiger partial charge in [0.2, 0.25) is 0 Å². The Morgan fingerprint density at radius 3 is 2.42 bits per heavy atom. The fourth-order valence-electron chi connectivity index (χ4n) is 0.914. The van der Waals surface area contributed by atoms with E-state index in [0.717, 1.165) is 12.1 Å². The van der Waals surface area contributed by atoms with Crippen molar-refractivity contribution in [1.29, 1.82) is 0 Å². The van der Waals surface area contributed by atoms with E-state index in [4.69, 9.17) is 0 Å². The van der Waals surface area contributed by atoms with Crippen molar-refractivity contribution < 1.29 is 0 Å². The van der Waals surface area contributed by atoms with E-state index >= 15 is 0 Å². The molecule has 66 valence electrons. The molecule has 0 saturated heterocycles. The molecule has 0 aliphatic carbocycles. The predicted molar refractivity (Wildman–Crippen MR) is 52.2 cm³/mol. The molecule has 1 rings (SSSR count). The van der Waals surface area contributed by atoms with Crippen LogP contribution in [0, 0.1) is 0 Å². The molecule has 0 aliphatic heterocycles. The maximum atomic E-state index is 3.96. The molecule has 2 nitrogen and oxygen atoms in total. The van der Waals surface area contributed by atoms with E-state index in [1.165, 1.54) is 0 Å². The first kappa shape index (κ1) is 9.04. The van der Waals surface area contributed by atoms with Gasteiger partial charge in [-0.25, -0.2) is 0 Å². The number of pyridine rings is 1. The summed E-state index contributed by atoms with van der Waals surface area (Å²) in [5, 5.41) is 3.43. The van der Waals surface area contributed by atoms with Gasteiger partial charge in [-0.2, -0.15) is 0 Å². The smallest absolute Gasteiger partial charge is 0.0375 e. The number of nitrogens with zero attached hydrogens (tertiary/aromatic N) is 1. The monoisotopic (exact) mass is 164 g/mol. The Bertz CT molecular complexity index is 229. The van der Waals surface area contributed by atoms with Gasteiger partial charge in [-0.1, -0.05) is 6.92 Å². The molecule has 0 fully saturated rings. The molecular formula is C10H16N2. The van der Waals surface area contributed by atoms with Gasteiger partial charge in [0.25, 0.3) is 0 Å². The Balaban J connectivity index is 2.64. The number of hydrogen-bond acceptors (Lipinski definition) is 2. The number of anilines is 1. The van der Waals surface area contributed by atoms with E-state index in [1.807, 2.05) is 12.1 Å². The average Bonchev–Trinajstić information content (AvgIpc) is 2.06. The average molecular weight is 164 g/mol. The van der Waals surface area contributed by atoms with Gasteiger partial charge in [-0.3, -0.25) is 4.98 Å². The fraction of sp³-hybridized carbons (Fsp3) is 0.500. The second-order valence-electron chi connectivity index (χ2n) is 3.60. The summed E-state index contributed by atoms with van der Waals surface area (Å²) in [4.78, 5) is 3.96. The van der Waals surface area contributed by atoms with E-state index < -0.39 is 0 Å². The van der Waals surface area contributed by atoms with Crippen LogP contribution in [0.4, 0.5) is 5.69 Å². The van der Waals surface area contributed by atoms with Gasteiger partial charge in [0.15, 0.2) is 0 Å². The third-order valence-electron chi connectivity index (χ3n) is 2.05. The number of rotatable bonds is 3. The summed E-state index contributed by atoms with van der Waals surface area (Å²) < 4.78 is 0. The Morgan fingerprint density at radius 1 is 1.33 bits per heavy atom. The van der Waals surface area contributed by atoms with Crippen LogP contribution in [0.25, 0.3) is 0 Å². The van der Waals surface area contributed by atoms with Crippen molar-refractivity contribution in [2.24, 2.45) is 0 Å². The first-order chi connectivity index (χ1) is 5.64. The summed E-state index contributed by atoms with van der Waals surface area (Å²) in [6, 6.07) is 3.97. The van der Waals surface area contributed by atoms with Crippen LogP contribution in [0.2, 0.25) is 0 Å². The van der Waals surface area contributed by atoms with Gasteiger partial charge in [0, 0.05) is 23.6 Å². The SMILES string of the molecule is CCC(C)(C)Nc1ccncc1. The molecule has 2 heteroatoms. The number of nitrogens with one attached hydrogen (secondary N) is 1. The van der Waals surface area contributed by atoms with E-state index in [2.05, 4.69) is 31.1 Å². The van der Waals surface area contributed by atoms with Gasteiger partial charge in [0.1, 0.15) is 0 Å². The van der Waals surface area contributed by atoms with Crippen LogP contribution in [0.5, 0.6) is 0 Å². The van der Waals surface area contributed by atoms with Gasteiger partial charge in [-0.15, -0.1) is 0 Å².